The molecule has 66 valence electrons. The molecule has 0 spiro atoms. The summed E-state index contributed by atoms with van der Waals surface area (Å²) in [7, 11) is 1.77. The zero-order valence-corrected chi connectivity index (χ0v) is 7.68. The maximum Gasteiger partial charge on any atom is 0.0589 e. The van der Waals surface area contributed by atoms with Crippen molar-refractivity contribution in [2.45, 2.75) is 19.8 Å². The third-order valence-electron chi connectivity index (χ3n) is 2.35. The van der Waals surface area contributed by atoms with E-state index in [1.54, 1.807) is 7.11 Å². The fraction of sp³-hybridized carbons (Fsp3) is 1.00. The molecule has 1 aliphatic rings. The monoisotopic (exact) mass is 157 g/mol. The van der Waals surface area contributed by atoms with Crippen LogP contribution in [0.5, 0.6) is 0 Å². The van der Waals surface area contributed by atoms with Gasteiger partial charge in [0, 0.05) is 20.2 Å². The first-order chi connectivity index (χ1) is 5.33. The summed E-state index contributed by atoms with van der Waals surface area (Å²) in [5.74, 6) is 0.889. The maximum atomic E-state index is 5.04. The highest BCUT2D eigenvalue weighted by Crippen LogP contribution is 2.14. The zero-order valence-electron chi connectivity index (χ0n) is 7.68. The number of hydrogen-bond acceptors (Lipinski definition) is 2. The zero-order chi connectivity index (χ0) is 8.10. The van der Waals surface area contributed by atoms with Gasteiger partial charge in [-0.25, -0.2) is 0 Å². The summed E-state index contributed by atoms with van der Waals surface area (Å²) < 4.78 is 5.04. The number of rotatable bonds is 3. The number of piperidine rings is 1. The van der Waals surface area contributed by atoms with Crippen molar-refractivity contribution in [1.29, 1.82) is 0 Å². The van der Waals surface area contributed by atoms with Crippen LogP contribution in [0.2, 0.25) is 0 Å². The molecule has 1 fully saturated rings. The molecular formula is C9H19NO. The molecule has 0 saturated carbocycles. The topological polar surface area (TPSA) is 12.5 Å². The van der Waals surface area contributed by atoms with E-state index in [-0.39, 0.29) is 0 Å². The van der Waals surface area contributed by atoms with Gasteiger partial charge in [0.1, 0.15) is 0 Å². The lowest BCUT2D eigenvalue weighted by atomic mass is 10.0. The Morgan fingerprint density at radius 2 is 2.36 bits per heavy atom. The highest BCUT2D eigenvalue weighted by Gasteiger charge is 2.14. The molecular weight excluding hydrogens is 138 g/mol. The van der Waals surface area contributed by atoms with Crippen LogP contribution in [0.15, 0.2) is 0 Å². The molecule has 0 N–H and O–H groups in total. The Morgan fingerprint density at radius 3 is 3.00 bits per heavy atom. The molecule has 1 rings (SSSR count). The van der Waals surface area contributed by atoms with Crippen molar-refractivity contribution in [3.8, 4) is 0 Å². The Hall–Kier alpha value is -0.0800. The van der Waals surface area contributed by atoms with Crippen LogP contribution in [0.1, 0.15) is 19.8 Å². The van der Waals surface area contributed by atoms with Gasteiger partial charge in [0.05, 0.1) is 6.61 Å². The number of ether oxygens (including phenoxy) is 1. The quantitative estimate of drug-likeness (QED) is 0.613. The second-order valence-corrected chi connectivity index (χ2v) is 3.54. The minimum atomic E-state index is 0.882. The average molecular weight is 157 g/mol. The van der Waals surface area contributed by atoms with Gasteiger partial charge in [-0.2, -0.15) is 0 Å². The van der Waals surface area contributed by atoms with Crippen LogP contribution >= 0.6 is 0 Å². The summed E-state index contributed by atoms with van der Waals surface area (Å²) in [5.41, 5.74) is 0. The first-order valence-electron chi connectivity index (χ1n) is 4.54. The standard InChI is InChI=1S/C9H19NO/c1-9-4-3-5-10(8-9)6-7-11-2/h9H,3-8H2,1-2H3. The lowest BCUT2D eigenvalue weighted by molar-refractivity contribution is 0.118. The van der Waals surface area contributed by atoms with Crippen LogP contribution in [-0.4, -0.2) is 38.3 Å². The first kappa shape index (κ1) is 9.01. The molecule has 1 aliphatic heterocycles. The van der Waals surface area contributed by atoms with Crippen molar-refractivity contribution in [1.82, 2.24) is 4.90 Å². The van der Waals surface area contributed by atoms with Gasteiger partial charge in [0.15, 0.2) is 0 Å². The fourth-order valence-corrected chi connectivity index (χ4v) is 1.71. The Balaban J connectivity index is 2.12. The minimum Gasteiger partial charge on any atom is -0.383 e. The van der Waals surface area contributed by atoms with Gasteiger partial charge in [0.2, 0.25) is 0 Å². The SMILES string of the molecule is COCCN1CCCC(C)C1. The minimum absolute atomic E-state index is 0.882. The van der Waals surface area contributed by atoms with Crippen LogP contribution < -0.4 is 0 Å². The van der Waals surface area contributed by atoms with Gasteiger partial charge < -0.3 is 9.64 Å². The predicted octanol–water partition coefficient (Wildman–Crippen LogP) is 1.36. The number of likely N-dealkylation sites (tertiary alicyclic amines) is 1. The molecule has 0 bridgehead atoms. The van der Waals surface area contributed by atoms with Gasteiger partial charge in [0.25, 0.3) is 0 Å². The first-order valence-corrected chi connectivity index (χ1v) is 4.54. The molecule has 0 aromatic heterocycles. The van der Waals surface area contributed by atoms with Crippen molar-refractivity contribution in [2.24, 2.45) is 5.92 Å². The summed E-state index contributed by atoms with van der Waals surface area (Å²) in [6.45, 7) is 6.86. The van der Waals surface area contributed by atoms with E-state index in [1.807, 2.05) is 0 Å². The summed E-state index contributed by atoms with van der Waals surface area (Å²) in [4.78, 5) is 2.50. The lowest BCUT2D eigenvalue weighted by Gasteiger charge is -2.30. The fourth-order valence-electron chi connectivity index (χ4n) is 1.71. The lowest BCUT2D eigenvalue weighted by Crippen LogP contribution is -2.36. The molecule has 0 aromatic carbocycles. The molecule has 2 nitrogen and oxygen atoms in total. The molecule has 1 unspecified atom stereocenters. The third kappa shape index (κ3) is 3.21. The number of methoxy groups -OCH3 is 1. The molecule has 11 heavy (non-hydrogen) atoms. The van der Waals surface area contributed by atoms with Crippen molar-refractivity contribution in [3.63, 3.8) is 0 Å². The van der Waals surface area contributed by atoms with Gasteiger partial charge >= 0.3 is 0 Å². The molecule has 1 saturated heterocycles. The van der Waals surface area contributed by atoms with E-state index < -0.39 is 0 Å². The molecule has 1 atom stereocenters. The van der Waals surface area contributed by atoms with Crippen LogP contribution in [0, 0.1) is 5.92 Å². The van der Waals surface area contributed by atoms with Gasteiger partial charge in [-0.1, -0.05) is 6.92 Å². The van der Waals surface area contributed by atoms with E-state index in [0.717, 1.165) is 19.1 Å². The van der Waals surface area contributed by atoms with Crippen molar-refractivity contribution in [2.75, 3.05) is 33.4 Å². The Labute approximate surface area is 69.5 Å². The van der Waals surface area contributed by atoms with Crippen LogP contribution in [0.3, 0.4) is 0 Å². The summed E-state index contributed by atoms with van der Waals surface area (Å²) in [6.07, 6.45) is 2.77. The predicted molar refractivity (Wildman–Crippen MR) is 46.7 cm³/mol. The van der Waals surface area contributed by atoms with E-state index in [0.29, 0.717) is 0 Å². The highest BCUT2D eigenvalue weighted by molar-refractivity contribution is 4.69. The van der Waals surface area contributed by atoms with E-state index >= 15 is 0 Å². The van der Waals surface area contributed by atoms with Crippen molar-refractivity contribution < 1.29 is 4.74 Å². The van der Waals surface area contributed by atoms with E-state index in [4.69, 9.17) is 4.74 Å². The van der Waals surface area contributed by atoms with Crippen molar-refractivity contribution >= 4 is 0 Å². The molecule has 1 heterocycles. The number of hydrogen-bond donors (Lipinski definition) is 0. The third-order valence-corrected chi connectivity index (χ3v) is 2.35. The van der Waals surface area contributed by atoms with Crippen LogP contribution in [0.25, 0.3) is 0 Å². The van der Waals surface area contributed by atoms with E-state index in [1.165, 1.54) is 25.9 Å². The van der Waals surface area contributed by atoms with Crippen molar-refractivity contribution in [3.05, 3.63) is 0 Å². The molecule has 0 aliphatic carbocycles. The van der Waals surface area contributed by atoms with E-state index in [9.17, 15) is 0 Å². The molecule has 0 aromatic rings. The summed E-state index contributed by atoms with van der Waals surface area (Å²) >= 11 is 0. The molecule has 2 heteroatoms. The van der Waals surface area contributed by atoms with Gasteiger partial charge in [-0.05, 0) is 25.3 Å². The van der Waals surface area contributed by atoms with Crippen LogP contribution in [-0.2, 0) is 4.74 Å². The Kier molecular flexibility index (Phi) is 3.87. The van der Waals surface area contributed by atoms with E-state index in [2.05, 4.69) is 11.8 Å². The Morgan fingerprint density at radius 1 is 1.55 bits per heavy atom. The van der Waals surface area contributed by atoms with Crippen LogP contribution in [0.4, 0.5) is 0 Å². The number of nitrogens with zero attached hydrogens (tertiary/aromatic N) is 1. The van der Waals surface area contributed by atoms with Gasteiger partial charge in [-0.15, -0.1) is 0 Å². The summed E-state index contributed by atoms with van der Waals surface area (Å²) in [6, 6.07) is 0. The molecule has 0 amide bonds. The summed E-state index contributed by atoms with van der Waals surface area (Å²) in [5, 5.41) is 0. The second-order valence-electron chi connectivity index (χ2n) is 3.54. The molecule has 0 radical (unpaired) electrons. The second kappa shape index (κ2) is 4.73. The highest BCUT2D eigenvalue weighted by atomic mass is 16.5. The maximum absolute atomic E-state index is 5.04. The van der Waals surface area contributed by atoms with Gasteiger partial charge in [-0.3, -0.25) is 0 Å². The Bertz CT molecular complexity index is 106. The average Bonchev–Trinajstić information content (AvgIpc) is 2.01. The largest absolute Gasteiger partial charge is 0.383 e. The smallest absolute Gasteiger partial charge is 0.0589 e. The normalized spacial score (nSPS) is 27.3.